The van der Waals surface area contributed by atoms with Crippen LogP contribution in [0.15, 0.2) is 70.6 Å². The summed E-state index contributed by atoms with van der Waals surface area (Å²) in [7, 11) is 1.90. The lowest BCUT2D eigenvalue weighted by Gasteiger charge is -1.87. The summed E-state index contributed by atoms with van der Waals surface area (Å²) in [5.74, 6) is 0. The van der Waals surface area contributed by atoms with Crippen LogP contribution in [0.2, 0.25) is 0 Å². The summed E-state index contributed by atoms with van der Waals surface area (Å²) in [5, 5.41) is 0. The molecule has 0 radical (unpaired) electrons. The van der Waals surface area contributed by atoms with Crippen LogP contribution < -0.4 is 0 Å². The number of nitrogens with zero attached hydrogens (tertiary/aromatic N) is 2. The molecule has 0 saturated carbocycles. The summed E-state index contributed by atoms with van der Waals surface area (Å²) in [6.07, 6.45) is 0. The zero-order valence-electron chi connectivity index (χ0n) is 13.7. The van der Waals surface area contributed by atoms with E-state index in [0.29, 0.717) is 0 Å². The summed E-state index contributed by atoms with van der Waals surface area (Å²) in [4.78, 5) is 8.17. The lowest BCUT2D eigenvalue weighted by atomic mass is 10.3. The van der Waals surface area contributed by atoms with E-state index in [9.17, 15) is 17.6 Å². The maximum absolute atomic E-state index is 10.5. The van der Waals surface area contributed by atoms with E-state index in [4.69, 9.17) is 0 Å². The molecule has 0 aliphatic rings. The Hall–Kier alpha value is -2.54. The first-order valence-corrected chi connectivity index (χ1v) is 6.88. The Balaban J connectivity index is 0.000000480. The highest BCUT2D eigenvalue weighted by atomic mass is 19.3. The molecule has 4 nitrogen and oxygen atoms in total. The van der Waals surface area contributed by atoms with Crippen molar-refractivity contribution in [1.82, 2.24) is 0 Å². The number of ether oxygens (including phenoxy) is 2. The monoisotopic (exact) mass is 358 g/mol. The van der Waals surface area contributed by atoms with Gasteiger partial charge in [-0.05, 0) is 24.3 Å². The normalized spacial score (nSPS) is 9.28. The average molecular weight is 358 g/mol. The molecular weight excluding hydrogens is 340 g/mol. The first kappa shape index (κ1) is 22.5. The fourth-order valence-corrected chi connectivity index (χ4v) is 1.15. The molecule has 136 valence electrons. The molecule has 0 spiro atoms. The van der Waals surface area contributed by atoms with Gasteiger partial charge in [-0.15, -0.1) is 0 Å². The molecule has 2 rings (SSSR count). The van der Waals surface area contributed by atoms with Crippen LogP contribution in [0.5, 0.6) is 0 Å². The molecule has 0 aliphatic carbocycles. The minimum atomic E-state index is -2.62. The lowest BCUT2D eigenvalue weighted by Crippen LogP contribution is -1.89. The van der Waals surface area contributed by atoms with Gasteiger partial charge in [0.2, 0.25) is 0 Å². The summed E-state index contributed by atoms with van der Waals surface area (Å²) < 4.78 is 49.0. The third kappa shape index (κ3) is 14.8. The van der Waals surface area contributed by atoms with E-state index in [1.807, 2.05) is 60.7 Å². The third-order valence-electron chi connectivity index (χ3n) is 2.23. The van der Waals surface area contributed by atoms with Crippen molar-refractivity contribution < 1.29 is 27.0 Å². The highest BCUT2D eigenvalue weighted by molar-refractivity contribution is 5.57. The van der Waals surface area contributed by atoms with Gasteiger partial charge < -0.3 is 9.47 Å². The van der Waals surface area contributed by atoms with Crippen LogP contribution in [0.1, 0.15) is 0 Å². The molecule has 8 heteroatoms. The van der Waals surface area contributed by atoms with Crippen molar-refractivity contribution in [2.24, 2.45) is 9.98 Å². The van der Waals surface area contributed by atoms with E-state index in [0.717, 1.165) is 25.6 Å². The molecule has 0 heterocycles. The standard InChI is InChI=1S/C13H10N2.2C2H4F2O/c1-3-7-12(8-4-1)14-11-15-13-9-5-2-6-10-13;2*1-5-2(3)4/h1-10H;2*2H,1H3. The Morgan fingerprint density at radius 2 is 0.960 bits per heavy atom. The minimum absolute atomic E-state index is 0.859. The van der Waals surface area contributed by atoms with Gasteiger partial charge in [-0.3, -0.25) is 0 Å². The lowest BCUT2D eigenvalue weighted by molar-refractivity contribution is -0.105. The van der Waals surface area contributed by atoms with Crippen molar-refractivity contribution >= 4 is 17.4 Å². The highest BCUT2D eigenvalue weighted by Crippen LogP contribution is 2.10. The number of alkyl halides is 4. The van der Waals surface area contributed by atoms with Crippen LogP contribution in [0, 0.1) is 0 Å². The van der Waals surface area contributed by atoms with Crippen molar-refractivity contribution in [3.05, 3.63) is 60.7 Å². The molecule has 0 saturated heterocycles. The van der Waals surface area contributed by atoms with E-state index >= 15 is 0 Å². The van der Waals surface area contributed by atoms with E-state index in [1.54, 1.807) is 0 Å². The van der Waals surface area contributed by atoms with Crippen LogP contribution in [-0.4, -0.2) is 33.5 Å². The minimum Gasteiger partial charge on any atom is -0.326 e. The molecule has 2 aromatic carbocycles. The smallest absolute Gasteiger partial charge is 0.326 e. The van der Waals surface area contributed by atoms with Gasteiger partial charge >= 0.3 is 13.2 Å². The van der Waals surface area contributed by atoms with E-state index < -0.39 is 13.2 Å². The predicted molar refractivity (Wildman–Crippen MR) is 88.1 cm³/mol. The second-order valence-corrected chi connectivity index (χ2v) is 3.99. The first-order valence-electron chi connectivity index (χ1n) is 6.88. The second kappa shape index (κ2) is 15.0. The molecule has 2 aromatic rings. The zero-order valence-corrected chi connectivity index (χ0v) is 13.7. The Morgan fingerprint density at radius 3 is 1.20 bits per heavy atom. The molecule has 0 bridgehead atoms. The highest BCUT2D eigenvalue weighted by Gasteiger charge is 1.91. The van der Waals surface area contributed by atoms with E-state index in [2.05, 4.69) is 25.5 Å². The van der Waals surface area contributed by atoms with Crippen LogP contribution >= 0.6 is 0 Å². The Labute approximate surface area is 143 Å². The third-order valence-corrected chi connectivity index (χ3v) is 2.23. The summed E-state index contributed by atoms with van der Waals surface area (Å²) in [5.41, 5.74) is 1.72. The van der Waals surface area contributed by atoms with Crippen LogP contribution in [0.3, 0.4) is 0 Å². The molecule has 0 aliphatic heterocycles. The number of rotatable bonds is 4. The van der Waals surface area contributed by atoms with Crippen molar-refractivity contribution in [2.45, 2.75) is 13.2 Å². The number of methoxy groups -OCH3 is 2. The number of para-hydroxylation sites is 2. The van der Waals surface area contributed by atoms with Gasteiger partial charge in [0.05, 0.1) is 11.4 Å². The van der Waals surface area contributed by atoms with E-state index in [1.165, 1.54) is 0 Å². The van der Waals surface area contributed by atoms with Crippen molar-refractivity contribution in [1.29, 1.82) is 0 Å². The largest absolute Gasteiger partial charge is 0.345 e. The summed E-state index contributed by atoms with van der Waals surface area (Å²) in [6, 6.07) is 21.9. The number of hydrogen-bond acceptors (Lipinski definition) is 4. The zero-order chi connectivity index (χ0) is 18.9. The van der Waals surface area contributed by atoms with Gasteiger partial charge in [-0.2, -0.15) is 27.5 Å². The Kier molecular flexibility index (Phi) is 13.5. The molecule has 0 fully saturated rings. The van der Waals surface area contributed by atoms with Crippen LogP contribution in [0.4, 0.5) is 28.9 Å². The number of benzene rings is 2. The quantitative estimate of drug-likeness (QED) is 0.532. The summed E-state index contributed by atoms with van der Waals surface area (Å²) in [6.45, 7) is -5.23. The number of hydrogen-bond donors (Lipinski definition) is 0. The fraction of sp³-hybridized carbons (Fsp3) is 0.235. The van der Waals surface area contributed by atoms with Gasteiger partial charge in [0.1, 0.15) is 6.01 Å². The van der Waals surface area contributed by atoms with Crippen molar-refractivity contribution in [2.75, 3.05) is 14.2 Å². The molecule has 0 N–H and O–H groups in total. The van der Waals surface area contributed by atoms with Gasteiger partial charge in [0.15, 0.2) is 0 Å². The fourth-order valence-electron chi connectivity index (χ4n) is 1.15. The van der Waals surface area contributed by atoms with Crippen LogP contribution in [-0.2, 0) is 9.47 Å². The molecule has 0 unspecified atom stereocenters. The van der Waals surface area contributed by atoms with Gasteiger partial charge in [0, 0.05) is 14.2 Å². The SMILES string of the molecule is C(=Nc1ccccc1)=Nc1ccccc1.COC(F)F.COC(F)F. The topological polar surface area (TPSA) is 43.2 Å². The molecule has 25 heavy (non-hydrogen) atoms. The average Bonchev–Trinajstić information content (AvgIpc) is 2.64. The number of halogens is 4. The molecule has 0 amide bonds. The van der Waals surface area contributed by atoms with Crippen molar-refractivity contribution in [3.8, 4) is 0 Å². The Bertz CT molecular complexity index is 553. The van der Waals surface area contributed by atoms with Crippen LogP contribution in [0.25, 0.3) is 0 Å². The predicted octanol–water partition coefficient (Wildman–Crippen LogP) is 5.53. The molecular formula is C17H18F4N2O2. The Morgan fingerprint density at radius 1 is 0.680 bits per heavy atom. The summed E-state index contributed by atoms with van der Waals surface area (Å²) >= 11 is 0. The van der Waals surface area contributed by atoms with E-state index in [-0.39, 0.29) is 0 Å². The van der Waals surface area contributed by atoms with Gasteiger partial charge in [0.25, 0.3) is 0 Å². The maximum atomic E-state index is 10.5. The van der Waals surface area contributed by atoms with Crippen molar-refractivity contribution in [3.63, 3.8) is 0 Å². The maximum Gasteiger partial charge on any atom is 0.345 e. The number of aliphatic imine (C=N–C) groups is 2. The van der Waals surface area contributed by atoms with Gasteiger partial charge in [-0.25, -0.2) is 0 Å². The van der Waals surface area contributed by atoms with Gasteiger partial charge in [-0.1, -0.05) is 36.4 Å². The first-order chi connectivity index (χ1) is 12.0. The second-order valence-electron chi connectivity index (χ2n) is 3.99. The molecule has 0 aromatic heterocycles. The molecule has 0 atom stereocenters.